The van der Waals surface area contributed by atoms with Gasteiger partial charge in [0.1, 0.15) is 11.6 Å². The number of ether oxygens (including phenoxy) is 1. The van der Waals surface area contributed by atoms with E-state index in [0.29, 0.717) is 26.2 Å². The smallest absolute Gasteiger partial charge is 0.226 e. The van der Waals surface area contributed by atoms with Crippen LogP contribution in [0.1, 0.15) is 29.0 Å². The van der Waals surface area contributed by atoms with Crippen LogP contribution < -0.4 is 10.2 Å². The summed E-state index contributed by atoms with van der Waals surface area (Å²) in [5.41, 5.74) is 3.17. The van der Waals surface area contributed by atoms with Crippen LogP contribution in [0.2, 0.25) is 0 Å². The van der Waals surface area contributed by atoms with E-state index in [2.05, 4.69) is 31.3 Å². The number of amides is 1. The Morgan fingerprint density at radius 2 is 1.93 bits per heavy atom. The zero-order chi connectivity index (χ0) is 19.6. The van der Waals surface area contributed by atoms with Gasteiger partial charge in [0.2, 0.25) is 5.91 Å². The van der Waals surface area contributed by atoms with E-state index in [1.54, 1.807) is 12.4 Å². The number of nitrogens with one attached hydrogen (secondary N) is 1. The van der Waals surface area contributed by atoms with Gasteiger partial charge in [-0.2, -0.15) is 5.10 Å². The van der Waals surface area contributed by atoms with Gasteiger partial charge in [-0.15, -0.1) is 0 Å². The number of hydrogen-bond acceptors (Lipinski definition) is 6. The average molecular weight is 390 g/mol. The van der Waals surface area contributed by atoms with Crippen molar-refractivity contribution in [2.75, 3.05) is 36.5 Å². The molecular formula is C21H22N6O2. The topological polar surface area (TPSA) is 85.2 Å². The first-order valence-corrected chi connectivity index (χ1v) is 9.81. The molecule has 0 radical (unpaired) electrons. The lowest BCUT2D eigenvalue weighted by atomic mass is 9.87. The molecule has 3 aromatic heterocycles. The minimum atomic E-state index is -0.0727. The van der Waals surface area contributed by atoms with Crippen LogP contribution in [-0.2, 0) is 16.1 Å². The quantitative estimate of drug-likeness (QED) is 0.734. The van der Waals surface area contributed by atoms with E-state index in [9.17, 15) is 4.79 Å². The normalized spacial score (nSPS) is 19.0. The summed E-state index contributed by atoms with van der Waals surface area (Å²) in [7, 11) is 0. The number of carbonyl (C=O) groups excluding carboxylic acids is 1. The Hall–Kier alpha value is -3.26. The maximum absolute atomic E-state index is 12.6. The predicted octanol–water partition coefficient (Wildman–Crippen LogP) is 2.03. The molecule has 3 aromatic rings. The molecule has 5 rings (SSSR count). The molecule has 1 amide bonds. The van der Waals surface area contributed by atoms with Crippen LogP contribution >= 0.6 is 0 Å². The third-order valence-electron chi connectivity index (χ3n) is 5.48. The van der Waals surface area contributed by atoms with Gasteiger partial charge in [-0.3, -0.25) is 9.78 Å². The summed E-state index contributed by atoms with van der Waals surface area (Å²) in [5.74, 6) is 1.62. The van der Waals surface area contributed by atoms with E-state index in [-0.39, 0.29) is 11.8 Å². The molecule has 1 fully saturated rings. The average Bonchev–Trinajstić information content (AvgIpc) is 3.17. The summed E-state index contributed by atoms with van der Waals surface area (Å²) >= 11 is 0. The highest BCUT2D eigenvalue weighted by Gasteiger charge is 2.32. The fraction of sp³-hybridized carbons (Fsp3) is 0.333. The number of hydrogen-bond donors (Lipinski definition) is 1. The molecule has 5 heterocycles. The summed E-state index contributed by atoms with van der Waals surface area (Å²) in [6.45, 7) is 3.56. The lowest BCUT2D eigenvalue weighted by Crippen LogP contribution is -2.38. The lowest BCUT2D eigenvalue weighted by molar-refractivity contribution is -0.116. The van der Waals surface area contributed by atoms with Crippen molar-refractivity contribution in [3.8, 4) is 0 Å². The number of carbonyl (C=O) groups is 1. The molecule has 1 N–H and O–H groups in total. The summed E-state index contributed by atoms with van der Waals surface area (Å²) < 4.78 is 7.34. The van der Waals surface area contributed by atoms with Crippen LogP contribution in [0.4, 0.5) is 11.6 Å². The summed E-state index contributed by atoms with van der Waals surface area (Å²) in [5, 5.41) is 7.59. The summed E-state index contributed by atoms with van der Waals surface area (Å²) in [6, 6.07) is 7.92. The summed E-state index contributed by atoms with van der Waals surface area (Å²) in [4.78, 5) is 23.5. The molecule has 1 atom stereocenters. The SMILES string of the molecule is O=C1CC(c2cccnc2N2CCOCC2)c2cnn(Cc3ccncc3)c2N1. The van der Waals surface area contributed by atoms with Gasteiger partial charge in [0.05, 0.1) is 26.0 Å². The first-order chi connectivity index (χ1) is 14.3. The Kier molecular flexibility index (Phi) is 4.69. The van der Waals surface area contributed by atoms with Gasteiger partial charge >= 0.3 is 0 Å². The molecule has 0 saturated carbocycles. The minimum Gasteiger partial charge on any atom is -0.378 e. The molecule has 8 heteroatoms. The van der Waals surface area contributed by atoms with Crippen molar-refractivity contribution in [1.29, 1.82) is 0 Å². The van der Waals surface area contributed by atoms with Gasteiger partial charge < -0.3 is 15.0 Å². The second-order valence-electron chi connectivity index (χ2n) is 7.28. The fourth-order valence-corrected chi connectivity index (χ4v) is 4.05. The van der Waals surface area contributed by atoms with E-state index in [0.717, 1.165) is 41.4 Å². The van der Waals surface area contributed by atoms with Gasteiger partial charge in [0, 0.05) is 55.1 Å². The number of morpholine rings is 1. The number of rotatable bonds is 4. The number of anilines is 2. The van der Waals surface area contributed by atoms with Crippen LogP contribution in [0.15, 0.2) is 49.1 Å². The maximum atomic E-state index is 12.6. The molecule has 2 aliphatic rings. The van der Waals surface area contributed by atoms with Crippen LogP contribution in [0.5, 0.6) is 0 Å². The van der Waals surface area contributed by atoms with Crippen molar-refractivity contribution in [2.45, 2.75) is 18.9 Å². The summed E-state index contributed by atoms with van der Waals surface area (Å²) in [6.07, 6.45) is 7.59. The van der Waals surface area contributed by atoms with E-state index < -0.39 is 0 Å². The van der Waals surface area contributed by atoms with Crippen LogP contribution in [0.3, 0.4) is 0 Å². The second-order valence-corrected chi connectivity index (χ2v) is 7.28. The lowest BCUT2D eigenvalue weighted by Gasteiger charge is -2.32. The van der Waals surface area contributed by atoms with Crippen molar-refractivity contribution < 1.29 is 9.53 Å². The Bertz CT molecular complexity index is 1010. The second kappa shape index (κ2) is 7.63. The molecule has 148 valence electrons. The van der Waals surface area contributed by atoms with Gasteiger partial charge in [0.25, 0.3) is 0 Å². The maximum Gasteiger partial charge on any atom is 0.226 e. The monoisotopic (exact) mass is 390 g/mol. The van der Waals surface area contributed by atoms with Crippen LogP contribution in [0.25, 0.3) is 0 Å². The molecule has 1 unspecified atom stereocenters. The van der Waals surface area contributed by atoms with E-state index in [1.807, 2.05) is 35.3 Å². The van der Waals surface area contributed by atoms with Crippen LogP contribution in [0, 0.1) is 0 Å². The zero-order valence-corrected chi connectivity index (χ0v) is 16.0. The number of pyridine rings is 2. The van der Waals surface area contributed by atoms with E-state index >= 15 is 0 Å². The first-order valence-electron chi connectivity index (χ1n) is 9.81. The van der Waals surface area contributed by atoms with E-state index in [1.165, 1.54) is 0 Å². The van der Waals surface area contributed by atoms with Gasteiger partial charge in [-0.25, -0.2) is 9.67 Å². The fourth-order valence-electron chi connectivity index (χ4n) is 4.05. The largest absolute Gasteiger partial charge is 0.378 e. The molecule has 0 spiro atoms. The molecule has 0 aromatic carbocycles. The van der Waals surface area contributed by atoms with Crippen molar-refractivity contribution in [1.82, 2.24) is 19.7 Å². The predicted molar refractivity (Wildman–Crippen MR) is 108 cm³/mol. The Morgan fingerprint density at radius 1 is 1.10 bits per heavy atom. The molecule has 0 aliphatic carbocycles. The van der Waals surface area contributed by atoms with E-state index in [4.69, 9.17) is 4.74 Å². The van der Waals surface area contributed by atoms with Crippen molar-refractivity contribution in [3.63, 3.8) is 0 Å². The first kappa shape index (κ1) is 17.8. The molecule has 1 saturated heterocycles. The molecule has 0 bridgehead atoms. The third-order valence-corrected chi connectivity index (χ3v) is 5.48. The molecule has 2 aliphatic heterocycles. The number of nitrogens with zero attached hydrogens (tertiary/aromatic N) is 5. The van der Waals surface area contributed by atoms with Crippen molar-refractivity contribution in [2.24, 2.45) is 0 Å². The highest BCUT2D eigenvalue weighted by molar-refractivity contribution is 5.94. The Balaban J connectivity index is 1.52. The highest BCUT2D eigenvalue weighted by Crippen LogP contribution is 2.40. The standard InChI is InChI=1S/C21H22N6O2/c28-19-12-17(16-2-1-5-23-20(16)26-8-10-29-11-9-26)18-13-24-27(21(18)25-19)14-15-3-6-22-7-4-15/h1-7,13,17H,8-12,14H2,(H,25,28). The number of fused-ring (bicyclic) bond motifs is 1. The van der Waals surface area contributed by atoms with Crippen molar-refractivity contribution in [3.05, 3.63) is 65.7 Å². The third kappa shape index (κ3) is 3.47. The molecule has 8 nitrogen and oxygen atoms in total. The molecular weight excluding hydrogens is 368 g/mol. The number of aromatic nitrogens is 4. The highest BCUT2D eigenvalue weighted by atomic mass is 16.5. The van der Waals surface area contributed by atoms with Crippen molar-refractivity contribution >= 4 is 17.5 Å². The van der Waals surface area contributed by atoms with Gasteiger partial charge in [-0.1, -0.05) is 6.07 Å². The minimum absolute atomic E-state index is 0.00393. The molecule has 29 heavy (non-hydrogen) atoms. The zero-order valence-electron chi connectivity index (χ0n) is 16.0. The Morgan fingerprint density at radius 3 is 2.76 bits per heavy atom. The van der Waals surface area contributed by atoms with Gasteiger partial charge in [-0.05, 0) is 23.8 Å². The van der Waals surface area contributed by atoms with Crippen LogP contribution in [-0.4, -0.2) is 52.0 Å². The van der Waals surface area contributed by atoms with Gasteiger partial charge in [0.15, 0.2) is 0 Å². The Labute approximate surface area is 168 Å².